The molecule has 0 aliphatic rings. The molecule has 1 heterocycles. The molecular formula is C39H28N2. The highest BCUT2D eigenvalue weighted by Gasteiger charge is 2.18. The zero-order valence-corrected chi connectivity index (χ0v) is 21.1. The summed E-state index contributed by atoms with van der Waals surface area (Å²) < 4.78 is 167. The predicted molar refractivity (Wildman–Crippen MR) is 174 cm³/mol. The number of nitrogens with zero attached hydrogens (tertiary/aromatic N) is 2. The molecule has 0 fully saturated rings. The highest BCUT2D eigenvalue weighted by atomic mass is 15.1. The van der Waals surface area contributed by atoms with Crippen LogP contribution in [0.4, 0.5) is 0 Å². The van der Waals surface area contributed by atoms with Crippen molar-refractivity contribution >= 4 is 43.4 Å². The second-order valence-electron chi connectivity index (χ2n) is 9.28. The van der Waals surface area contributed by atoms with E-state index < -0.39 is 104 Å². The molecule has 0 N–H and O–H groups in total. The lowest BCUT2D eigenvalue weighted by molar-refractivity contribution is 0.908. The number of hydrogen-bond acceptors (Lipinski definition) is 1. The maximum absolute atomic E-state index is 9.30. The van der Waals surface area contributed by atoms with Crippen molar-refractivity contribution in [3.63, 3.8) is 0 Å². The Hall–Kier alpha value is -5.21. The van der Waals surface area contributed by atoms with E-state index in [1.165, 1.54) is 28.8 Å². The van der Waals surface area contributed by atoms with Crippen LogP contribution in [0.3, 0.4) is 0 Å². The Morgan fingerprint density at radius 1 is 0.659 bits per heavy atom. The number of rotatable bonds is 4. The number of aryl methyl sites for hydroxylation is 1. The van der Waals surface area contributed by atoms with Gasteiger partial charge < -0.3 is 0 Å². The van der Waals surface area contributed by atoms with Gasteiger partial charge in [0, 0.05) is 18.9 Å². The standard InChI is InChI=1S/C39H28N2/c1-2-37-40-35-20-9-10-21-36(35)41(37)30-15-11-14-28(25-30)38-31-16-5-7-18-33(31)39(34-19-8-6-17-32(34)38)29-23-22-26-12-3-4-13-27(26)24-29/h3-25H,2H2,1H3/i1D3,2D2,3D,4D,5D,6D,7D,8D,12D,13D,16D,17D,18D,19D,22D,23D. The van der Waals surface area contributed by atoms with Crippen molar-refractivity contribution < 1.29 is 26.0 Å². The summed E-state index contributed by atoms with van der Waals surface area (Å²) in [4.78, 5) is 4.37. The molecule has 1 aromatic heterocycles. The Bertz CT molecular complexity index is 3140. The first-order valence-corrected chi connectivity index (χ1v) is 12.6. The molecule has 2 nitrogen and oxygen atoms in total. The average Bonchev–Trinajstić information content (AvgIpc) is 3.62. The van der Waals surface area contributed by atoms with Crippen molar-refractivity contribution in [1.29, 1.82) is 0 Å². The third kappa shape index (κ3) is 3.76. The van der Waals surface area contributed by atoms with E-state index in [-0.39, 0.29) is 65.8 Å². The fourth-order valence-electron chi connectivity index (χ4n) is 5.33. The Labute approximate surface area is 265 Å². The van der Waals surface area contributed by atoms with Crippen LogP contribution in [0.2, 0.25) is 0 Å². The summed E-state index contributed by atoms with van der Waals surface area (Å²) in [6.45, 7) is -3.18. The van der Waals surface area contributed by atoms with Gasteiger partial charge in [-0.15, -0.1) is 0 Å². The molecule has 0 unspecified atom stereocenters. The van der Waals surface area contributed by atoms with Crippen LogP contribution in [0.25, 0.3) is 71.3 Å². The van der Waals surface area contributed by atoms with Gasteiger partial charge in [0.2, 0.25) is 0 Å². The molecule has 0 saturated heterocycles. The Morgan fingerprint density at radius 2 is 1.32 bits per heavy atom. The van der Waals surface area contributed by atoms with Crippen LogP contribution in [0.15, 0.2) is 139 Å². The van der Waals surface area contributed by atoms with E-state index in [0.717, 1.165) is 6.07 Å². The molecule has 8 aromatic rings. The van der Waals surface area contributed by atoms with Crippen LogP contribution in [0.1, 0.15) is 38.7 Å². The van der Waals surface area contributed by atoms with Crippen LogP contribution in [0.5, 0.6) is 0 Å². The number of fused-ring (bicyclic) bond motifs is 4. The second-order valence-corrected chi connectivity index (χ2v) is 9.28. The fourth-order valence-corrected chi connectivity index (χ4v) is 5.33. The molecule has 194 valence electrons. The molecule has 0 spiro atoms. The minimum absolute atomic E-state index is 0.0993. The van der Waals surface area contributed by atoms with Crippen LogP contribution < -0.4 is 0 Å². The fraction of sp³-hybridized carbons (Fsp3) is 0.0513. The van der Waals surface area contributed by atoms with E-state index in [1.807, 2.05) is 0 Å². The molecular weight excluding hydrogens is 496 g/mol. The lowest BCUT2D eigenvalue weighted by Gasteiger charge is -2.19. The van der Waals surface area contributed by atoms with Gasteiger partial charge in [0.1, 0.15) is 5.82 Å². The molecule has 0 radical (unpaired) electrons. The largest absolute Gasteiger partial charge is 0.296 e. The van der Waals surface area contributed by atoms with Gasteiger partial charge in [0.05, 0.1) is 30.2 Å². The van der Waals surface area contributed by atoms with Gasteiger partial charge in [-0.2, -0.15) is 0 Å². The molecule has 0 atom stereocenters. The van der Waals surface area contributed by atoms with Crippen LogP contribution >= 0.6 is 0 Å². The maximum Gasteiger partial charge on any atom is 0.114 e. The summed E-state index contributed by atoms with van der Waals surface area (Å²) in [6, 6.07) is 4.28. The first kappa shape index (κ1) is 11.3. The van der Waals surface area contributed by atoms with Crippen LogP contribution in [-0.4, -0.2) is 9.55 Å². The molecule has 0 bridgehead atoms. The molecule has 7 aromatic carbocycles. The SMILES string of the molecule is [2H]c1c([2H])c([2H])c2c([2H])c([2H])c(-c3c4c([2H])c([2H])c([2H])c([2H])c4c(-c4cccc(-n5c(C([2H])([2H])C([2H])([2H])[2H])nc6ccccc65)c4)c4c([2H])c([2H])c([2H])c([2H])c34)cc2c1[2H]. The van der Waals surface area contributed by atoms with Crippen molar-refractivity contribution in [2.45, 2.75) is 13.2 Å². The molecule has 0 aliphatic heterocycles. The predicted octanol–water partition coefficient (Wildman–Crippen LogP) is 10.4. The van der Waals surface area contributed by atoms with E-state index in [0.29, 0.717) is 5.52 Å². The molecule has 0 saturated carbocycles. The van der Waals surface area contributed by atoms with E-state index >= 15 is 0 Å². The highest BCUT2D eigenvalue weighted by Crippen LogP contribution is 2.44. The van der Waals surface area contributed by atoms with Gasteiger partial charge in [-0.05, 0) is 84.9 Å². The Balaban J connectivity index is 1.61. The maximum atomic E-state index is 9.30. The molecule has 2 heteroatoms. The van der Waals surface area contributed by atoms with E-state index in [1.54, 1.807) is 24.3 Å². The zero-order chi connectivity index (χ0) is 43.8. The van der Waals surface area contributed by atoms with Crippen molar-refractivity contribution in [2.75, 3.05) is 0 Å². The first-order chi connectivity index (χ1) is 28.0. The lowest BCUT2D eigenvalue weighted by atomic mass is 9.85. The normalized spacial score (nSPS) is 18.9. The van der Waals surface area contributed by atoms with E-state index in [9.17, 15) is 6.85 Å². The van der Waals surface area contributed by atoms with Gasteiger partial charge in [0.15, 0.2) is 0 Å². The summed E-state index contributed by atoms with van der Waals surface area (Å²) in [6.07, 6.45) is -2.99. The number of benzene rings is 7. The Morgan fingerprint density at radius 3 is 2.05 bits per heavy atom. The van der Waals surface area contributed by atoms with E-state index in [4.69, 9.17) is 19.2 Å². The summed E-state index contributed by atoms with van der Waals surface area (Å²) in [5, 5.41) is -1.67. The van der Waals surface area contributed by atoms with Gasteiger partial charge in [-0.3, -0.25) is 4.57 Å². The van der Waals surface area contributed by atoms with Crippen molar-refractivity contribution in [2.24, 2.45) is 0 Å². The minimum Gasteiger partial charge on any atom is -0.296 e. The second kappa shape index (κ2) is 9.46. The van der Waals surface area contributed by atoms with Crippen LogP contribution in [-0.2, 0) is 6.37 Å². The Kier molecular flexibility index (Phi) is 2.62. The molecule has 8 rings (SSSR count). The monoisotopic (exact) mass is 543 g/mol. The van der Waals surface area contributed by atoms with Crippen molar-refractivity contribution in [3.05, 3.63) is 145 Å². The summed E-state index contributed by atoms with van der Waals surface area (Å²) >= 11 is 0. The number of hydrogen-bond donors (Lipinski definition) is 0. The third-order valence-corrected chi connectivity index (χ3v) is 7.04. The van der Waals surface area contributed by atoms with Crippen molar-refractivity contribution in [1.82, 2.24) is 9.55 Å². The molecule has 41 heavy (non-hydrogen) atoms. The molecule has 0 amide bonds. The topological polar surface area (TPSA) is 17.8 Å². The zero-order valence-electron chi connectivity index (χ0n) is 40.1. The molecule has 0 aliphatic carbocycles. The number of imidazole rings is 1. The number of para-hydroxylation sites is 2. The highest BCUT2D eigenvalue weighted by molar-refractivity contribution is 6.21. The van der Waals surface area contributed by atoms with Gasteiger partial charge in [-0.25, -0.2) is 4.98 Å². The van der Waals surface area contributed by atoms with Gasteiger partial charge in [0.25, 0.3) is 0 Å². The quantitative estimate of drug-likeness (QED) is 0.202. The summed E-state index contributed by atoms with van der Waals surface area (Å²) in [5.74, 6) is -0.474. The number of aromatic nitrogens is 2. The van der Waals surface area contributed by atoms with E-state index in [2.05, 4.69) is 4.98 Å². The van der Waals surface area contributed by atoms with Crippen LogP contribution in [0, 0.1) is 0 Å². The minimum atomic E-state index is -3.18. The van der Waals surface area contributed by atoms with Crippen molar-refractivity contribution in [3.8, 4) is 27.9 Å². The smallest absolute Gasteiger partial charge is 0.114 e. The third-order valence-electron chi connectivity index (χ3n) is 7.04. The lowest BCUT2D eigenvalue weighted by Crippen LogP contribution is -2.00. The van der Waals surface area contributed by atoms with Gasteiger partial charge >= 0.3 is 0 Å². The first-order valence-electron chi connectivity index (χ1n) is 22.1. The summed E-state index contributed by atoms with van der Waals surface area (Å²) in [7, 11) is 0. The average molecular weight is 544 g/mol. The van der Waals surface area contributed by atoms with Gasteiger partial charge in [-0.1, -0.05) is 116 Å². The summed E-state index contributed by atoms with van der Waals surface area (Å²) in [5.41, 5.74) is 0.0962.